The fraction of sp³-hybridized carbons (Fsp3) is 0.441. The molecule has 3 rings (SSSR count). The number of alkyl halides is 4. The number of allylic oxidation sites excluding steroid dienone is 1. The van der Waals surface area contributed by atoms with E-state index in [2.05, 4.69) is 36.4 Å². The second-order valence-electron chi connectivity index (χ2n) is 10.7. The van der Waals surface area contributed by atoms with Crippen molar-refractivity contribution < 1.29 is 26.6 Å². The van der Waals surface area contributed by atoms with E-state index < -0.39 is 23.1 Å². The molecule has 0 saturated heterocycles. The largest absolute Gasteiger partial charge is 0.415 e. The van der Waals surface area contributed by atoms with E-state index in [0.717, 1.165) is 66.1 Å². The molecule has 240 valence electrons. The predicted octanol–water partition coefficient (Wildman–Crippen LogP) is 9.61. The number of halogens is 5. The van der Waals surface area contributed by atoms with Crippen molar-refractivity contribution in [3.8, 4) is 22.3 Å². The Morgan fingerprint density at radius 2 is 1.57 bits per heavy atom. The molecule has 10 heteroatoms. The number of rotatable bonds is 17. The van der Waals surface area contributed by atoms with Crippen LogP contribution < -0.4 is 10.3 Å². The summed E-state index contributed by atoms with van der Waals surface area (Å²) >= 11 is 2.29. The molecule has 0 N–H and O–H groups in total. The van der Waals surface area contributed by atoms with Gasteiger partial charge in [-0.1, -0.05) is 64.2 Å². The Morgan fingerprint density at radius 1 is 0.909 bits per heavy atom. The van der Waals surface area contributed by atoms with Crippen LogP contribution in [-0.2, 0) is 23.6 Å². The number of aryl methyl sites for hydroxylation is 2. The highest BCUT2D eigenvalue weighted by Crippen LogP contribution is 2.29. The first-order valence-electron chi connectivity index (χ1n) is 15.1. The Balaban J connectivity index is 2.13. The molecule has 0 bridgehead atoms. The molecule has 0 amide bonds. The highest BCUT2D eigenvalue weighted by Gasteiger charge is 2.37. The quantitative estimate of drug-likeness (QED) is 0.0786. The number of nitrogens with zero attached hydrogens (tertiary/aromatic N) is 1. The Labute approximate surface area is 273 Å². The van der Waals surface area contributed by atoms with Crippen molar-refractivity contribution in [1.82, 2.24) is 4.73 Å². The molecule has 0 radical (unpaired) electrons. The third kappa shape index (κ3) is 10.0. The zero-order valence-electron chi connectivity index (χ0n) is 25.4. The van der Waals surface area contributed by atoms with E-state index in [1.54, 1.807) is 18.5 Å². The van der Waals surface area contributed by atoms with Crippen LogP contribution >= 0.6 is 22.6 Å². The van der Waals surface area contributed by atoms with Gasteiger partial charge in [-0.05, 0) is 102 Å². The lowest BCUT2D eigenvalue weighted by Crippen LogP contribution is -2.23. The molecule has 1 unspecified atom stereocenters. The van der Waals surface area contributed by atoms with Gasteiger partial charge < -0.3 is 4.84 Å². The van der Waals surface area contributed by atoms with E-state index in [1.165, 1.54) is 16.4 Å². The van der Waals surface area contributed by atoms with Crippen LogP contribution in [0.2, 0.25) is 0 Å². The smallest absolute Gasteiger partial charge is 0.326 e. The molecule has 0 fully saturated rings. The van der Waals surface area contributed by atoms with Gasteiger partial charge in [0.05, 0.1) is 23.2 Å². The highest BCUT2D eigenvalue weighted by atomic mass is 127. The molecular weight excluding hydrogens is 705 g/mol. The molecule has 44 heavy (non-hydrogen) atoms. The van der Waals surface area contributed by atoms with Crippen molar-refractivity contribution in [2.45, 2.75) is 95.8 Å². The van der Waals surface area contributed by atoms with Crippen LogP contribution in [0.3, 0.4) is 0 Å². The summed E-state index contributed by atoms with van der Waals surface area (Å²) in [7, 11) is -2.15. The SMILES string of the molecule is CCCCCCc1cc(-c2cn(OCC)cc(-c3ccc(CCCCC)c(I)c3)c2=O)cc(S(=O)/C=C/C(F)(F)C(F)F)c1. The van der Waals surface area contributed by atoms with Crippen LogP contribution in [0.5, 0.6) is 0 Å². The minimum Gasteiger partial charge on any atom is -0.415 e. The number of aromatic nitrogens is 1. The molecule has 3 aromatic rings. The van der Waals surface area contributed by atoms with Gasteiger partial charge in [-0.25, -0.2) is 13.0 Å². The number of benzene rings is 2. The molecule has 0 aliphatic rings. The highest BCUT2D eigenvalue weighted by molar-refractivity contribution is 14.1. The fourth-order valence-corrected chi connectivity index (χ4v) is 6.57. The third-order valence-electron chi connectivity index (χ3n) is 7.23. The summed E-state index contributed by atoms with van der Waals surface area (Å²) in [5.41, 5.74) is 3.60. The standard InChI is InChI=1S/C34H40F4INO3S/c1-4-7-9-11-12-24-18-27(20-28(19-24)44(42)17-16-34(37,38)33(35)36)30-23-40(43-6-3)22-29(32(30)41)26-15-14-25(31(39)21-26)13-10-8-5-2/h14-23,33H,4-13H2,1-3H3/b17-16+. The van der Waals surface area contributed by atoms with Crippen molar-refractivity contribution in [2.75, 3.05) is 6.61 Å². The van der Waals surface area contributed by atoms with Crippen molar-refractivity contribution in [1.29, 1.82) is 0 Å². The Bertz CT molecular complexity index is 1510. The first kappa shape index (κ1) is 36.0. The van der Waals surface area contributed by atoms with Crippen LogP contribution in [0, 0.1) is 3.57 Å². The van der Waals surface area contributed by atoms with Crippen molar-refractivity contribution in [3.05, 3.63) is 85.2 Å². The van der Waals surface area contributed by atoms with E-state index >= 15 is 0 Å². The van der Waals surface area contributed by atoms with E-state index in [9.17, 15) is 26.6 Å². The predicted molar refractivity (Wildman–Crippen MR) is 179 cm³/mol. The molecule has 0 aliphatic carbocycles. The zero-order chi connectivity index (χ0) is 32.3. The van der Waals surface area contributed by atoms with Crippen LogP contribution in [0.4, 0.5) is 17.6 Å². The lowest BCUT2D eigenvalue weighted by Gasteiger charge is -2.15. The zero-order valence-corrected chi connectivity index (χ0v) is 28.4. The Morgan fingerprint density at radius 3 is 2.20 bits per heavy atom. The number of pyridine rings is 1. The summed E-state index contributed by atoms with van der Waals surface area (Å²) in [6.07, 6.45) is 8.11. The molecule has 1 atom stereocenters. The van der Waals surface area contributed by atoms with Gasteiger partial charge in [0.15, 0.2) is 5.43 Å². The average molecular weight is 746 g/mol. The lowest BCUT2D eigenvalue weighted by atomic mass is 9.97. The van der Waals surface area contributed by atoms with Gasteiger partial charge in [-0.3, -0.25) is 4.79 Å². The van der Waals surface area contributed by atoms with Crippen LogP contribution in [0.15, 0.2) is 70.0 Å². The number of hydrogen-bond acceptors (Lipinski definition) is 3. The van der Waals surface area contributed by atoms with Crippen molar-refractivity contribution in [3.63, 3.8) is 0 Å². The van der Waals surface area contributed by atoms with Crippen molar-refractivity contribution >= 4 is 33.4 Å². The topological polar surface area (TPSA) is 48.3 Å². The average Bonchev–Trinajstić information content (AvgIpc) is 2.99. The first-order valence-corrected chi connectivity index (χ1v) is 17.4. The number of unbranched alkanes of at least 4 members (excludes halogenated alkanes) is 5. The van der Waals surface area contributed by atoms with Gasteiger partial charge in [0.25, 0.3) is 0 Å². The minimum atomic E-state index is -4.40. The lowest BCUT2D eigenvalue weighted by molar-refractivity contribution is -0.0905. The molecule has 4 nitrogen and oxygen atoms in total. The van der Waals surface area contributed by atoms with E-state index in [-0.39, 0.29) is 22.0 Å². The van der Waals surface area contributed by atoms with Crippen LogP contribution in [0.1, 0.15) is 76.8 Å². The first-order chi connectivity index (χ1) is 21.0. The molecular formula is C34H40F4INO3S. The van der Waals surface area contributed by atoms with Crippen molar-refractivity contribution in [2.24, 2.45) is 0 Å². The Hall–Kier alpha value is -2.47. The summed E-state index contributed by atoms with van der Waals surface area (Å²) in [5.74, 6) is -4.40. The van der Waals surface area contributed by atoms with Gasteiger partial charge in [0.2, 0.25) is 0 Å². The van der Waals surface area contributed by atoms with E-state index in [4.69, 9.17) is 4.84 Å². The van der Waals surface area contributed by atoms with Gasteiger partial charge in [-0.15, -0.1) is 0 Å². The normalized spacial score (nSPS) is 12.8. The molecule has 0 saturated carbocycles. The third-order valence-corrected chi connectivity index (χ3v) is 9.32. The minimum absolute atomic E-state index is 0.0163. The van der Waals surface area contributed by atoms with Gasteiger partial charge >= 0.3 is 12.3 Å². The molecule has 0 spiro atoms. The maximum Gasteiger partial charge on any atom is 0.326 e. The van der Waals surface area contributed by atoms with Crippen LogP contribution in [-0.4, -0.2) is 27.9 Å². The van der Waals surface area contributed by atoms with E-state index in [0.29, 0.717) is 29.6 Å². The van der Waals surface area contributed by atoms with Gasteiger partial charge in [0.1, 0.15) is 6.61 Å². The molecule has 1 aromatic heterocycles. The summed E-state index contributed by atoms with van der Waals surface area (Å²) < 4.78 is 68.1. The maximum atomic E-state index is 14.0. The van der Waals surface area contributed by atoms with Gasteiger partial charge in [0, 0.05) is 25.0 Å². The summed E-state index contributed by atoms with van der Waals surface area (Å²) in [6, 6.07) is 10.9. The molecule has 2 aromatic carbocycles. The summed E-state index contributed by atoms with van der Waals surface area (Å²) in [6.45, 7) is 6.42. The van der Waals surface area contributed by atoms with Gasteiger partial charge in [-0.2, -0.15) is 13.5 Å². The Kier molecular flexibility index (Phi) is 14.1. The second-order valence-corrected chi connectivity index (χ2v) is 13.2. The second kappa shape index (κ2) is 17.3. The molecule has 1 heterocycles. The number of hydrogen-bond donors (Lipinski definition) is 0. The van der Waals surface area contributed by atoms with E-state index in [1.807, 2.05) is 31.2 Å². The molecule has 0 aliphatic heterocycles. The maximum absolute atomic E-state index is 14.0. The summed E-state index contributed by atoms with van der Waals surface area (Å²) in [4.78, 5) is 19.9. The monoisotopic (exact) mass is 745 g/mol. The summed E-state index contributed by atoms with van der Waals surface area (Å²) in [5, 5.41) is 0.588. The fourth-order valence-electron chi connectivity index (χ4n) is 4.81. The van der Waals surface area contributed by atoms with Crippen LogP contribution in [0.25, 0.3) is 22.3 Å².